The molecule has 0 aromatic heterocycles. The van der Waals surface area contributed by atoms with Gasteiger partial charge in [0.15, 0.2) is 5.96 Å². The minimum atomic E-state index is -0.186. The molecule has 2 rings (SSSR count). The maximum atomic E-state index is 12.2. The molecule has 1 amide bonds. The number of amides is 1. The fourth-order valence-corrected chi connectivity index (χ4v) is 2.49. The SMILES string of the molecule is C#Cc1cccc(NC(=O)CNC(=NCc2ccccc2OCC)NCC)c1.I. The maximum absolute atomic E-state index is 12.2. The highest BCUT2D eigenvalue weighted by Crippen LogP contribution is 2.18. The van der Waals surface area contributed by atoms with Gasteiger partial charge in [-0.05, 0) is 38.1 Å². The van der Waals surface area contributed by atoms with E-state index in [2.05, 4.69) is 26.9 Å². The van der Waals surface area contributed by atoms with Crippen molar-refractivity contribution >= 4 is 41.5 Å². The van der Waals surface area contributed by atoms with E-state index in [1.165, 1.54) is 0 Å². The number of ether oxygens (including phenoxy) is 1. The van der Waals surface area contributed by atoms with Crippen LogP contribution < -0.4 is 20.7 Å². The molecular formula is C22H27IN4O2. The summed E-state index contributed by atoms with van der Waals surface area (Å²) in [6, 6.07) is 14.9. The fourth-order valence-electron chi connectivity index (χ4n) is 2.49. The van der Waals surface area contributed by atoms with Crippen molar-refractivity contribution in [1.29, 1.82) is 0 Å². The Bertz CT molecular complexity index is 862. The second-order valence-electron chi connectivity index (χ2n) is 5.86. The Labute approximate surface area is 189 Å². The molecule has 0 saturated carbocycles. The average Bonchev–Trinajstić information content (AvgIpc) is 2.71. The zero-order chi connectivity index (χ0) is 20.2. The number of nitrogens with one attached hydrogen (secondary N) is 3. The highest BCUT2D eigenvalue weighted by molar-refractivity contribution is 14.0. The smallest absolute Gasteiger partial charge is 0.243 e. The molecule has 0 fully saturated rings. The van der Waals surface area contributed by atoms with E-state index < -0.39 is 0 Å². The van der Waals surface area contributed by atoms with Crippen molar-refractivity contribution in [2.45, 2.75) is 20.4 Å². The van der Waals surface area contributed by atoms with Gasteiger partial charge in [0, 0.05) is 23.4 Å². The first-order valence-corrected chi connectivity index (χ1v) is 9.25. The van der Waals surface area contributed by atoms with Crippen molar-refractivity contribution in [3.63, 3.8) is 0 Å². The van der Waals surface area contributed by atoms with Gasteiger partial charge in [0.25, 0.3) is 0 Å². The van der Waals surface area contributed by atoms with Crippen molar-refractivity contribution in [2.75, 3.05) is 25.0 Å². The number of terminal acetylenes is 1. The molecule has 0 radical (unpaired) electrons. The van der Waals surface area contributed by atoms with Crippen LogP contribution in [0.15, 0.2) is 53.5 Å². The van der Waals surface area contributed by atoms with Crippen LogP contribution in [0.3, 0.4) is 0 Å². The van der Waals surface area contributed by atoms with E-state index in [1.807, 2.05) is 44.2 Å². The van der Waals surface area contributed by atoms with Crippen LogP contribution in [0.2, 0.25) is 0 Å². The van der Waals surface area contributed by atoms with Gasteiger partial charge >= 0.3 is 0 Å². The summed E-state index contributed by atoms with van der Waals surface area (Å²) in [5.41, 5.74) is 2.36. The number of guanidine groups is 1. The monoisotopic (exact) mass is 506 g/mol. The molecular weight excluding hydrogens is 479 g/mol. The van der Waals surface area contributed by atoms with Crippen LogP contribution in [0.25, 0.3) is 0 Å². The Morgan fingerprint density at radius 3 is 2.66 bits per heavy atom. The zero-order valence-electron chi connectivity index (χ0n) is 16.7. The van der Waals surface area contributed by atoms with Crippen molar-refractivity contribution in [2.24, 2.45) is 4.99 Å². The summed E-state index contributed by atoms with van der Waals surface area (Å²) >= 11 is 0. The molecule has 6 nitrogen and oxygen atoms in total. The van der Waals surface area contributed by atoms with Crippen LogP contribution in [0, 0.1) is 12.3 Å². The van der Waals surface area contributed by atoms with Gasteiger partial charge in [-0.1, -0.05) is 30.2 Å². The lowest BCUT2D eigenvalue weighted by molar-refractivity contribution is -0.115. The third-order valence-electron chi connectivity index (χ3n) is 3.75. The minimum Gasteiger partial charge on any atom is -0.494 e. The number of carbonyl (C=O) groups is 1. The van der Waals surface area contributed by atoms with Crippen LogP contribution in [0.4, 0.5) is 5.69 Å². The number of halogens is 1. The predicted molar refractivity (Wildman–Crippen MR) is 129 cm³/mol. The maximum Gasteiger partial charge on any atom is 0.243 e. The van der Waals surface area contributed by atoms with E-state index in [0.29, 0.717) is 36.9 Å². The third-order valence-corrected chi connectivity index (χ3v) is 3.75. The van der Waals surface area contributed by atoms with Gasteiger partial charge in [-0.3, -0.25) is 4.79 Å². The molecule has 2 aromatic rings. The van der Waals surface area contributed by atoms with Gasteiger partial charge < -0.3 is 20.7 Å². The van der Waals surface area contributed by atoms with Gasteiger partial charge in [-0.25, -0.2) is 4.99 Å². The standard InChI is InChI=1S/C22H26N4O2.HI/c1-4-17-10-9-12-19(14-17)26-21(27)16-25-22(23-5-2)24-15-18-11-7-8-13-20(18)28-6-3;/h1,7-14H,5-6,15-16H2,2-3H3,(H,26,27)(H2,23,24,25);1H. The van der Waals surface area contributed by atoms with Crippen molar-refractivity contribution < 1.29 is 9.53 Å². The second kappa shape index (κ2) is 13.4. The summed E-state index contributed by atoms with van der Waals surface area (Å²) in [6.07, 6.45) is 5.38. The first-order valence-electron chi connectivity index (χ1n) is 9.25. The topological polar surface area (TPSA) is 74.8 Å². The summed E-state index contributed by atoms with van der Waals surface area (Å²) in [4.78, 5) is 16.7. The first kappa shape index (κ1) is 24.3. The van der Waals surface area contributed by atoms with Crippen molar-refractivity contribution in [1.82, 2.24) is 10.6 Å². The summed E-state index contributed by atoms with van der Waals surface area (Å²) < 4.78 is 5.62. The molecule has 0 aliphatic rings. The number of rotatable bonds is 8. The Balaban J connectivity index is 0.00000420. The Morgan fingerprint density at radius 2 is 1.93 bits per heavy atom. The molecule has 154 valence electrons. The number of hydrogen-bond donors (Lipinski definition) is 3. The number of aliphatic imine (C=N–C) groups is 1. The molecule has 0 unspecified atom stereocenters. The third kappa shape index (κ3) is 8.44. The number of benzene rings is 2. The Morgan fingerprint density at radius 1 is 1.14 bits per heavy atom. The van der Waals surface area contributed by atoms with E-state index in [4.69, 9.17) is 11.2 Å². The first-order chi connectivity index (χ1) is 13.7. The van der Waals surface area contributed by atoms with Gasteiger partial charge in [0.05, 0.1) is 19.7 Å². The fraction of sp³-hybridized carbons (Fsp3) is 0.273. The summed E-state index contributed by atoms with van der Waals surface area (Å²) in [6.45, 7) is 5.72. The molecule has 2 aromatic carbocycles. The molecule has 7 heteroatoms. The van der Waals surface area contributed by atoms with Crippen LogP contribution in [0.5, 0.6) is 5.75 Å². The molecule has 3 N–H and O–H groups in total. The van der Waals surface area contributed by atoms with Gasteiger partial charge in [0.2, 0.25) is 5.91 Å². The number of hydrogen-bond acceptors (Lipinski definition) is 3. The number of anilines is 1. The second-order valence-corrected chi connectivity index (χ2v) is 5.86. The largest absolute Gasteiger partial charge is 0.494 e. The molecule has 0 bridgehead atoms. The minimum absolute atomic E-state index is 0. The number of nitrogens with zero attached hydrogens (tertiary/aromatic N) is 1. The van der Waals surface area contributed by atoms with Crippen LogP contribution in [-0.4, -0.2) is 31.6 Å². The summed E-state index contributed by atoms with van der Waals surface area (Å²) in [5.74, 6) is 3.73. The Hall–Kier alpha value is -2.73. The van der Waals surface area contributed by atoms with Crippen molar-refractivity contribution in [3.8, 4) is 18.1 Å². The van der Waals surface area contributed by atoms with Gasteiger partial charge in [-0.2, -0.15) is 0 Å². The molecule has 0 aliphatic heterocycles. The lowest BCUT2D eigenvalue weighted by Crippen LogP contribution is -2.41. The van der Waals surface area contributed by atoms with E-state index >= 15 is 0 Å². The highest BCUT2D eigenvalue weighted by Gasteiger charge is 2.06. The van der Waals surface area contributed by atoms with Crippen LogP contribution >= 0.6 is 24.0 Å². The van der Waals surface area contributed by atoms with E-state index in [1.54, 1.807) is 18.2 Å². The molecule has 0 spiro atoms. The quantitative estimate of drug-likeness (QED) is 0.222. The number of para-hydroxylation sites is 1. The average molecular weight is 506 g/mol. The van der Waals surface area contributed by atoms with E-state index in [9.17, 15) is 4.79 Å². The molecule has 0 saturated heterocycles. The lowest BCUT2D eigenvalue weighted by Gasteiger charge is -2.13. The number of carbonyl (C=O) groups excluding carboxylic acids is 1. The zero-order valence-corrected chi connectivity index (χ0v) is 19.0. The van der Waals surface area contributed by atoms with E-state index in [0.717, 1.165) is 11.3 Å². The van der Waals surface area contributed by atoms with Crippen LogP contribution in [0.1, 0.15) is 25.0 Å². The molecule has 0 heterocycles. The lowest BCUT2D eigenvalue weighted by atomic mass is 10.2. The predicted octanol–water partition coefficient (Wildman–Crippen LogP) is 3.38. The Kier molecular flexibility index (Phi) is 11.3. The van der Waals surface area contributed by atoms with Gasteiger partial charge in [-0.15, -0.1) is 30.4 Å². The van der Waals surface area contributed by atoms with E-state index in [-0.39, 0.29) is 36.4 Å². The summed E-state index contributed by atoms with van der Waals surface area (Å²) in [7, 11) is 0. The molecule has 0 atom stereocenters. The summed E-state index contributed by atoms with van der Waals surface area (Å²) in [5, 5.41) is 8.98. The van der Waals surface area contributed by atoms with Gasteiger partial charge in [0.1, 0.15) is 5.75 Å². The molecule has 0 aliphatic carbocycles. The molecule has 29 heavy (non-hydrogen) atoms. The van der Waals surface area contributed by atoms with Crippen LogP contribution in [-0.2, 0) is 11.3 Å². The highest BCUT2D eigenvalue weighted by atomic mass is 127. The normalized spacial score (nSPS) is 10.3. The van der Waals surface area contributed by atoms with Crippen molar-refractivity contribution in [3.05, 3.63) is 59.7 Å².